The summed E-state index contributed by atoms with van der Waals surface area (Å²) in [5.41, 5.74) is 1.90. The second kappa shape index (κ2) is 8.43. The van der Waals surface area contributed by atoms with Crippen LogP contribution in [0.3, 0.4) is 0 Å². The highest BCUT2D eigenvalue weighted by molar-refractivity contribution is 5.95. The Kier molecular flexibility index (Phi) is 5.56. The van der Waals surface area contributed by atoms with E-state index in [0.29, 0.717) is 17.8 Å². The van der Waals surface area contributed by atoms with Crippen molar-refractivity contribution in [3.8, 4) is 11.4 Å². The van der Waals surface area contributed by atoms with Crippen molar-refractivity contribution in [2.75, 3.05) is 25.5 Å². The maximum absolute atomic E-state index is 13.6. The molecule has 176 valence electrons. The highest BCUT2D eigenvalue weighted by Gasteiger charge is 2.50. The zero-order valence-electron chi connectivity index (χ0n) is 19.3. The Labute approximate surface area is 197 Å². The molecule has 1 spiro atoms. The molecule has 34 heavy (non-hydrogen) atoms. The molecule has 1 N–H and O–H groups in total. The Bertz CT molecular complexity index is 1190. The predicted octanol–water partition coefficient (Wildman–Crippen LogP) is 4.72. The molecule has 2 heterocycles. The number of urea groups is 1. The van der Waals surface area contributed by atoms with E-state index in [-0.39, 0.29) is 22.9 Å². The molecule has 1 aromatic heterocycles. The van der Waals surface area contributed by atoms with E-state index in [4.69, 9.17) is 0 Å². The van der Waals surface area contributed by atoms with Gasteiger partial charge in [0.1, 0.15) is 0 Å². The van der Waals surface area contributed by atoms with Crippen LogP contribution < -0.4 is 10.2 Å². The minimum absolute atomic E-state index is 0.0557. The number of anilines is 1. The van der Waals surface area contributed by atoms with Crippen LogP contribution in [-0.2, 0) is 5.54 Å². The molecule has 5 rings (SSSR count). The van der Waals surface area contributed by atoms with Gasteiger partial charge in [-0.3, -0.25) is 9.80 Å². The molecule has 1 saturated carbocycles. The van der Waals surface area contributed by atoms with E-state index in [1.54, 1.807) is 17.3 Å². The van der Waals surface area contributed by atoms with Crippen LogP contribution in [0.25, 0.3) is 11.4 Å². The third-order valence-electron chi connectivity index (χ3n) is 7.41. The molecule has 0 unspecified atom stereocenters. The van der Waals surface area contributed by atoms with E-state index < -0.39 is 11.6 Å². The maximum Gasteiger partial charge on any atom is 0.322 e. The van der Waals surface area contributed by atoms with Crippen LogP contribution in [0.2, 0.25) is 0 Å². The summed E-state index contributed by atoms with van der Waals surface area (Å²) >= 11 is 0. The van der Waals surface area contributed by atoms with Gasteiger partial charge in [0.15, 0.2) is 17.5 Å². The van der Waals surface area contributed by atoms with Gasteiger partial charge in [0.25, 0.3) is 0 Å². The summed E-state index contributed by atoms with van der Waals surface area (Å²) in [6, 6.07) is 13.9. The van der Waals surface area contributed by atoms with Gasteiger partial charge in [0.05, 0.1) is 30.2 Å². The topological polar surface area (TPSA) is 61.4 Å². The van der Waals surface area contributed by atoms with Gasteiger partial charge in [-0.25, -0.2) is 23.5 Å². The Hall–Kier alpha value is -3.39. The molecule has 2 amide bonds. The average molecular weight is 464 g/mol. The lowest BCUT2D eigenvalue weighted by Crippen LogP contribution is -2.54. The first-order chi connectivity index (χ1) is 16.3. The van der Waals surface area contributed by atoms with Crippen LogP contribution in [0.4, 0.5) is 19.3 Å². The number of hydrogen-bond donors (Lipinski definition) is 1. The predicted molar refractivity (Wildman–Crippen MR) is 126 cm³/mol. The maximum atomic E-state index is 13.6. The van der Waals surface area contributed by atoms with Crippen molar-refractivity contribution in [3.63, 3.8) is 0 Å². The number of amides is 2. The van der Waals surface area contributed by atoms with E-state index in [0.717, 1.165) is 37.8 Å². The lowest BCUT2D eigenvalue weighted by Gasteiger charge is -2.48. The van der Waals surface area contributed by atoms with Crippen molar-refractivity contribution in [2.24, 2.45) is 0 Å². The summed E-state index contributed by atoms with van der Waals surface area (Å²) in [5.74, 6) is -1.60. The number of nitrogens with zero attached hydrogens (tertiary/aromatic N) is 4. The molecule has 8 heteroatoms. The number of hydrogen-bond acceptors (Lipinski definition) is 4. The minimum Gasteiger partial charge on any atom is -0.330 e. The van der Waals surface area contributed by atoms with Crippen LogP contribution in [-0.4, -0.2) is 47.1 Å². The molecule has 0 radical (unpaired) electrons. The monoisotopic (exact) mass is 463 g/mol. The molecule has 1 aliphatic carbocycles. The zero-order chi connectivity index (χ0) is 23.9. The first-order valence-corrected chi connectivity index (χ1v) is 11.4. The molecule has 1 aliphatic heterocycles. The summed E-state index contributed by atoms with van der Waals surface area (Å²) in [6.45, 7) is 0.540. The molecule has 1 saturated heterocycles. The Morgan fingerprint density at radius 1 is 0.941 bits per heavy atom. The van der Waals surface area contributed by atoms with Crippen molar-refractivity contribution in [1.82, 2.24) is 20.2 Å². The van der Waals surface area contributed by atoms with Crippen LogP contribution in [0, 0.1) is 11.6 Å². The van der Waals surface area contributed by atoms with Crippen molar-refractivity contribution < 1.29 is 13.6 Å². The summed E-state index contributed by atoms with van der Waals surface area (Å²) in [6.07, 6.45) is 6.69. The molecule has 2 fully saturated rings. The molecule has 0 bridgehead atoms. The largest absolute Gasteiger partial charge is 0.330 e. The zero-order valence-corrected chi connectivity index (χ0v) is 19.3. The van der Waals surface area contributed by atoms with Gasteiger partial charge in [0, 0.05) is 11.1 Å². The molecular formula is C26H27F2N5O. The number of nitrogens with one attached hydrogen (secondary N) is 1. The van der Waals surface area contributed by atoms with Gasteiger partial charge < -0.3 is 5.32 Å². The third kappa shape index (κ3) is 3.81. The number of carbonyl (C=O) groups is 1. The highest BCUT2D eigenvalue weighted by atomic mass is 19.2. The van der Waals surface area contributed by atoms with Crippen LogP contribution in [0.15, 0.2) is 60.9 Å². The Morgan fingerprint density at radius 2 is 1.62 bits per heavy atom. The second-order valence-corrected chi connectivity index (χ2v) is 9.48. The fourth-order valence-corrected chi connectivity index (χ4v) is 5.33. The van der Waals surface area contributed by atoms with Gasteiger partial charge in [-0.15, -0.1) is 0 Å². The fourth-order valence-electron chi connectivity index (χ4n) is 5.33. The molecule has 0 atom stereocenters. The van der Waals surface area contributed by atoms with E-state index in [9.17, 15) is 13.6 Å². The summed E-state index contributed by atoms with van der Waals surface area (Å²) < 4.78 is 26.8. The van der Waals surface area contributed by atoms with E-state index >= 15 is 0 Å². The van der Waals surface area contributed by atoms with Gasteiger partial charge in [0.2, 0.25) is 0 Å². The lowest BCUT2D eigenvalue weighted by atomic mass is 9.69. The van der Waals surface area contributed by atoms with E-state index in [1.165, 1.54) is 11.6 Å². The fraction of sp³-hybridized carbons (Fsp3) is 0.346. The van der Waals surface area contributed by atoms with Crippen molar-refractivity contribution in [2.45, 2.75) is 36.8 Å². The van der Waals surface area contributed by atoms with Crippen LogP contribution in [0.5, 0.6) is 0 Å². The molecule has 6 nitrogen and oxygen atoms in total. The Balaban J connectivity index is 1.33. The first kappa shape index (κ1) is 22.4. The Morgan fingerprint density at radius 3 is 2.24 bits per heavy atom. The quantitative estimate of drug-likeness (QED) is 0.608. The van der Waals surface area contributed by atoms with Crippen LogP contribution in [0.1, 0.15) is 31.2 Å². The normalized spacial score (nSPS) is 24.6. The highest BCUT2D eigenvalue weighted by Crippen LogP contribution is 2.46. The van der Waals surface area contributed by atoms with Gasteiger partial charge in [-0.1, -0.05) is 30.3 Å². The number of halogens is 2. The average Bonchev–Trinajstić information content (AvgIpc) is 3.17. The van der Waals surface area contributed by atoms with Gasteiger partial charge in [-0.2, -0.15) is 0 Å². The van der Waals surface area contributed by atoms with Crippen molar-refractivity contribution >= 4 is 11.7 Å². The SMILES string of the molecule is CN(C)[C@]1(c2ccccc2)CC[C@]2(CC1)CN(c1cnc(-c3ccc(F)c(F)c3)nc1)C(=O)N2. The standard InChI is InChI=1S/C26H27F2N5O/c1-32(2)26(19-6-4-3-5-7-19)12-10-25(11-13-26)17-33(24(34)31-25)20-15-29-23(30-16-20)18-8-9-21(27)22(28)14-18/h3-9,14-16H,10-13,17H2,1-2H3,(H,31,34)/t25-,26+. The summed E-state index contributed by atoms with van der Waals surface area (Å²) in [4.78, 5) is 25.5. The molecule has 2 aromatic carbocycles. The number of aromatic nitrogens is 2. The number of carbonyl (C=O) groups excluding carboxylic acids is 1. The van der Waals surface area contributed by atoms with E-state index in [2.05, 4.69) is 58.5 Å². The lowest BCUT2D eigenvalue weighted by molar-refractivity contribution is 0.0658. The van der Waals surface area contributed by atoms with Gasteiger partial charge in [-0.05, 0) is 63.5 Å². The smallest absolute Gasteiger partial charge is 0.322 e. The number of rotatable bonds is 4. The van der Waals surface area contributed by atoms with E-state index in [1.807, 2.05) is 6.07 Å². The van der Waals surface area contributed by atoms with Gasteiger partial charge >= 0.3 is 6.03 Å². The molecular weight excluding hydrogens is 436 g/mol. The number of benzene rings is 2. The minimum atomic E-state index is -0.951. The third-order valence-corrected chi connectivity index (χ3v) is 7.41. The summed E-state index contributed by atoms with van der Waals surface area (Å²) in [7, 11) is 4.24. The summed E-state index contributed by atoms with van der Waals surface area (Å²) in [5, 5.41) is 3.23. The molecule has 2 aliphatic rings. The second-order valence-electron chi connectivity index (χ2n) is 9.48. The van der Waals surface area contributed by atoms with Crippen molar-refractivity contribution in [3.05, 3.63) is 78.1 Å². The first-order valence-electron chi connectivity index (χ1n) is 11.4. The molecule has 3 aromatic rings. The van der Waals surface area contributed by atoms with Crippen LogP contribution >= 0.6 is 0 Å². The van der Waals surface area contributed by atoms with Crippen molar-refractivity contribution in [1.29, 1.82) is 0 Å².